The van der Waals surface area contributed by atoms with Gasteiger partial charge in [0.1, 0.15) is 63.8 Å². The van der Waals surface area contributed by atoms with E-state index in [0.29, 0.717) is 0 Å². The van der Waals surface area contributed by atoms with Gasteiger partial charge in [0.25, 0.3) is 8.32 Å². The Labute approximate surface area is 349 Å². The van der Waals surface area contributed by atoms with Gasteiger partial charge < -0.3 is 42.3 Å². The molecule has 0 aliphatic heterocycles. The molecule has 0 saturated heterocycles. The minimum atomic E-state index is -4.52. The van der Waals surface area contributed by atoms with Crippen molar-refractivity contribution in [3.05, 3.63) is 132 Å². The molecule has 1 aliphatic rings. The van der Waals surface area contributed by atoms with Crippen LogP contribution in [0.1, 0.15) is 31.9 Å². The highest BCUT2D eigenvalue weighted by molar-refractivity contribution is 7.48. The summed E-state index contributed by atoms with van der Waals surface area (Å²) in [5.41, 5.74) is 1.51. The summed E-state index contributed by atoms with van der Waals surface area (Å²) in [4.78, 5) is 0. The molecule has 0 amide bonds. The summed E-state index contributed by atoms with van der Waals surface area (Å²) in [6.45, 7) is 5.61. The van der Waals surface area contributed by atoms with Crippen molar-refractivity contribution in [3.63, 3.8) is 0 Å². The normalized spacial score (nSPS) is 21.4. The maximum absolute atomic E-state index is 15.2. The molecule has 0 aromatic heterocycles. The van der Waals surface area contributed by atoms with Crippen LogP contribution in [-0.2, 0) is 73.7 Å². The van der Waals surface area contributed by atoms with Gasteiger partial charge in [-0.15, -0.1) is 0 Å². The molecule has 59 heavy (non-hydrogen) atoms. The molecule has 4 aromatic carbocycles. The molecule has 0 N–H and O–H groups in total. The molecular formula is C44H59O13PSi. The van der Waals surface area contributed by atoms with Crippen molar-refractivity contribution in [3.8, 4) is 0 Å². The van der Waals surface area contributed by atoms with E-state index in [1.807, 2.05) is 97.1 Å². The van der Waals surface area contributed by atoms with Gasteiger partial charge in [-0.2, -0.15) is 0 Å². The zero-order valence-electron chi connectivity index (χ0n) is 35.0. The third-order valence-electron chi connectivity index (χ3n) is 9.90. The van der Waals surface area contributed by atoms with Crippen molar-refractivity contribution in [2.75, 3.05) is 55.6 Å². The van der Waals surface area contributed by atoms with Crippen molar-refractivity contribution < 1.29 is 60.5 Å². The third kappa shape index (κ3) is 12.2. The predicted octanol–water partition coefficient (Wildman–Crippen LogP) is 6.83. The fourth-order valence-corrected chi connectivity index (χ4v) is 13.4. The molecule has 0 heterocycles. The number of phosphoric ester groups is 1. The second-order valence-corrected chi connectivity index (χ2v) is 20.8. The van der Waals surface area contributed by atoms with Gasteiger partial charge in [0.05, 0.1) is 13.2 Å². The molecule has 15 heteroatoms. The predicted molar refractivity (Wildman–Crippen MR) is 224 cm³/mol. The van der Waals surface area contributed by atoms with Crippen molar-refractivity contribution >= 4 is 26.5 Å². The van der Waals surface area contributed by atoms with Crippen molar-refractivity contribution in [2.24, 2.45) is 0 Å². The topological polar surface area (TPSA) is 128 Å². The van der Waals surface area contributed by atoms with Crippen LogP contribution in [0.2, 0.25) is 5.04 Å². The van der Waals surface area contributed by atoms with Gasteiger partial charge in [0, 0.05) is 28.4 Å². The van der Waals surface area contributed by atoms with Crippen molar-refractivity contribution in [2.45, 2.75) is 75.6 Å². The zero-order valence-corrected chi connectivity index (χ0v) is 36.9. The summed E-state index contributed by atoms with van der Waals surface area (Å²) in [7, 11) is -1.87. The second kappa shape index (κ2) is 23.2. The minimum Gasteiger partial charge on any atom is -0.399 e. The van der Waals surface area contributed by atoms with Gasteiger partial charge in [-0.05, 0) is 26.5 Å². The lowest BCUT2D eigenvalue weighted by Crippen LogP contribution is -2.74. The van der Waals surface area contributed by atoms with E-state index in [-0.39, 0.29) is 40.4 Å². The Balaban J connectivity index is 1.72. The first kappa shape index (κ1) is 46.9. The Morgan fingerprint density at radius 2 is 0.797 bits per heavy atom. The van der Waals surface area contributed by atoms with E-state index in [4.69, 9.17) is 55.9 Å². The SMILES string of the molecule is COCO[C@@H]1[C@@H](OCOC)[C@H](O[Si](c2ccccc2)(c2ccccc2)C(C)(C)C)[C@H](OCOC)[C@H](OP(=O)(OCc2ccccc2)OCc2ccccc2)[C@H]1OCOC. The second-order valence-electron chi connectivity index (χ2n) is 14.9. The van der Waals surface area contributed by atoms with Crippen molar-refractivity contribution in [1.29, 1.82) is 0 Å². The standard InChI is InChI=1S/C44H59O13PSi/c1-44(2,3)59(36-24-16-10-17-25-36,37-26-18-11-19-27-37)57-43-40(52-32-48-6)38(50-30-46-4)39(51-31-47-5)42(41(43)53-33-49-7)56-58(45,54-28-34-20-12-8-13-21-34)55-29-35-22-14-9-15-23-35/h8-27,38-43H,28-33H2,1-7H3/t38-,39-,40+,41+,42+,43-/m0/s1. The van der Waals surface area contributed by atoms with Crippen LogP contribution in [0.25, 0.3) is 0 Å². The van der Waals surface area contributed by atoms with Crippen LogP contribution in [0.5, 0.6) is 0 Å². The highest BCUT2D eigenvalue weighted by Crippen LogP contribution is 2.55. The Morgan fingerprint density at radius 3 is 1.15 bits per heavy atom. The summed E-state index contributed by atoms with van der Waals surface area (Å²) >= 11 is 0. The lowest BCUT2D eigenvalue weighted by Gasteiger charge is -2.53. The van der Waals surface area contributed by atoms with E-state index >= 15 is 4.57 Å². The highest BCUT2D eigenvalue weighted by atomic mass is 31.2. The third-order valence-corrected chi connectivity index (χ3v) is 16.3. The lowest BCUT2D eigenvalue weighted by molar-refractivity contribution is -0.295. The van der Waals surface area contributed by atoms with Crippen LogP contribution < -0.4 is 10.4 Å². The van der Waals surface area contributed by atoms with E-state index in [2.05, 4.69) is 45.0 Å². The molecule has 0 radical (unpaired) electrons. The molecule has 1 fully saturated rings. The van der Waals surface area contributed by atoms with Gasteiger partial charge in [-0.1, -0.05) is 142 Å². The van der Waals surface area contributed by atoms with Crippen LogP contribution in [-0.4, -0.2) is 101 Å². The molecule has 0 bridgehead atoms. The first-order valence-corrected chi connectivity index (χ1v) is 22.8. The number of hydrogen-bond donors (Lipinski definition) is 0. The Bertz CT molecular complexity index is 1720. The molecule has 5 rings (SSSR count). The first-order valence-electron chi connectivity index (χ1n) is 19.5. The van der Waals surface area contributed by atoms with Crippen LogP contribution in [0, 0.1) is 0 Å². The Hall–Kier alpha value is -3.15. The summed E-state index contributed by atoms with van der Waals surface area (Å²) in [5.74, 6) is 0. The van der Waals surface area contributed by atoms with E-state index in [9.17, 15) is 0 Å². The maximum Gasteiger partial charge on any atom is 0.475 e. The number of benzene rings is 4. The molecule has 13 nitrogen and oxygen atoms in total. The zero-order chi connectivity index (χ0) is 42.1. The largest absolute Gasteiger partial charge is 0.475 e. The average molecular weight is 855 g/mol. The lowest BCUT2D eigenvalue weighted by atomic mass is 9.84. The van der Waals surface area contributed by atoms with Gasteiger partial charge in [0.15, 0.2) is 0 Å². The number of ether oxygens (including phenoxy) is 8. The number of phosphoric acid groups is 1. The average Bonchev–Trinajstić information content (AvgIpc) is 3.26. The molecule has 0 spiro atoms. The first-order chi connectivity index (χ1) is 28.6. The molecule has 1 aliphatic carbocycles. The van der Waals surface area contributed by atoms with Gasteiger partial charge in [-0.3, -0.25) is 13.6 Å². The van der Waals surface area contributed by atoms with Crippen LogP contribution in [0.15, 0.2) is 121 Å². The summed E-state index contributed by atoms with van der Waals surface area (Å²) in [5, 5.41) is 1.52. The monoisotopic (exact) mass is 854 g/mol. The highest BCUT2D eigenvalue weighted by Gasteiger charge is 2.61. The van der Waals surface area contributed by atoms with Gasteiger partial charge >= 0.3 is 7.82 Å². The van der Waals surface area contributed by atoms with Gasteiger partial charge in [0.2, 0.25) is 0 Å². The van der Waals surface area contributed by atoms with E-state index in [1.165, 1.54) is 28.4 Å². The minimum absolute atomic E-state index is 0.0853. The summed E-state index contributed by atoms with van der Waals surface area (Å²) < 4.78 is 90.1. The van der Waals surface area contributed by atoms with Crippen LogP contribution >= 0.6 is 7.82 Å². The van der Waals surface area contributed by atoms with Crippen LogP contribution in [0.4, 0.5) is 0 Å². The molecular weight excluding hydrogens is 796 g/mol. The summed E-state index contributed by atoms with van der Waals surface area (Å²) in [6, 6.07) is 39.0. The molecule has 1 saturated carbocycles. The molecule has 6 atom stereocenters. The Kier molecular flexibility index (Phi) is 18.4. The quantitative estimate of drug-likeness (QED) is 0.0416. The number of methoxy groups -OCH3 is 4. The Morgan fingerprint density at radius 1 is 0.475 bits per heavy atom. The van der Waals surface area contributed by atoms with E-state index in [1.54, 1.807) is 0 Å². The fourth-order valence-electron chi connectivity index (χ4n) is 7.32. The maximum atomic E-state index is 15.2. The van der Waals surface area contributed by atoms with Crippen molar-refractivity contribution in [1.82, 2.24) is 0 Å². The smallest absolute Gasteiger partial charge is 0.399 e. The summed E-state index contributed by atoms with van der Waals surface area (Å²) in [6.07, 6.45) is -6.46. The van der Waals surface area contributed by atoms with Gasteiger partial charge in [-0.25, -0.2) is 4.57 Å². The van der Waals surface area contributed by atoms with E-state index in [0.717, 1.165) is 21.5 Å². The van der Waals surface area contributed by atoms with E-state index < -0.39 is 57.8 Å². The molecule has 322 valence electrons. The number of rotatable bonds is 24. The molecule has 4 aromatic rings. The number of hydrogen-bond acceptors (Lipinski definition) is 13. The molecule has 0 unspecified atom stereocenters. The van der Waals surface area contributed by atoms with Crippen LogP contribution in [0.3, 0.4) is 0 Å². The fraction of sp³-hybridized carbons (Fsp3) is 0.455.